The Kier molecular flexibility index (Phi) is 3.76. The van der Waals surface area contributed by atoms with E-state index in [0.29, 0.717) is 18.8 Å². The molecular weight excluding hydrogens is 232 g/mol. The molecule has 1 atom stereocenters. The number of piperidine rings is 1. The van der Waals surface area contributed by atoms with Crippen LogP contribution in [0.1, 0.15) is 23.3 Å². The molecule has 18 heavy (non-hydrogen) atoms. The second-order valence-electron chi connectivity index (χ2n) is 4.31. The van der Waals surface area contributed by atoms with E-state index in [1.807, 2.05) is 0 Å². The quantitative estimate of drug-likeness (QED) is 0.791. The summed E-state index contributed by atoms with van der Waals surface area (Å²) in [4.78, 5) is 28.7. The van der Waals surface area contributed by atoms with E-state index >= 15 is 0 Å². The molecule has 0 aromatic carbocycles. The Balaban J connectivity index is 2.00. The first-order chi connectivity index (χ1) is 8.66. The Morgan fingerprint density at radius 3 is 2.94 bits per heavy atom. The van der Waals surface area contributed by atoms with E-state index in [-0.39, 0.29) is 11.9 Å². The number of rotatable bonds is 2. The normalized spacial score (nSPS) is 19.3. The van der Waals surface area contributed by atoms with Crippen LogP contribution in [0.3, 0.4) is 0 Å². The number of nitrogens with two attached hydrogens (primary N) is 1. The van der Waals surface area contributed by atoms with Crippen LogP contribution in [0.4, 0.5) is 4.79 Å². The number of nitrogens with zero attached hydrogens (tertiary/aromatic N) is 2. The highest BCUT2D eigenvalue weighted by molar-refractivity contribution is 5.92. The van der Waals surface area contributed by atoms with E-state index < -0.39 is 6.03 Å². The summed E-state index contributed by atoms with van der Waals surface area (Å²) in [6, 6.07) is 4.62. The SMILES string of the molecule is NC(=O)N[C@@H]1CCCN(C(=O)c2ccccn2)C1. The number of hydrogen-bond acceptors (Lipinski definition) is 3. The summed E-state index contributed by atoms with van der Waals surface area (Å²) in [5.41, 5.74) is 5.52. The fourth-order valence-corrected chi connectivity index (χ4v) is 2.13. The third-order valence-corrected chi connectivity index (χ3v) is 2.94. The third kappa shape index (κ3) is 2.97. The molecule has 0 spiro atoms. The minimum Gasteiger partial charge on any atom is -0.352 e. The van der Waals surface area contributed by atoms with Crippen LogP contribution in [-0.4, -0.2) is 41.0 Å². The van der Waals surface area contributed by atoms with Gasteiger partial charge in [-0.1, -0.05) is 6.07 Å². The van der Waals surface area contributed by atoms with Gasteiger partial charge < -0.3 is 16.0 Å². The van der Waals surface area contributed by atoms with E-state index in [0.717, 1.165) is 12.8 Å². The third-order valence-electron chi connectivity index (χ3n) is 2.94. The van der Waals surface area contributed by atoms with Gasteiger partial charge in [0.25, 0.3) is 5.91 Å². The van der Waals surface area contributed by atoms with Gasteiger partial charge in [-0.15, -0.1) is 0 Å². The number of nitrogens with one attached hydrogen (secondary N) is 1. The summed E-state index contributed by atoms with van der Waals surface area (Å²) in [5.74, 6) is -0.105. The van der Waals surface area contributed by atoms with Crippen molar-refractivity contribution in [3.63, 3.8) is 0 Å². The van der Waals surface area contributed by atoms with Gasteiger partial charge in [0.05, 0.1) is 0 Å². The second kappa shape index (κ2) is 5.48. The van der Waals surface area contributed by atoms with Crippen molar-refractivity contribution in [3.05, 3.63) is 30.1 Å². The average Bonchev–Trinajstić information content (AvgIpc) is 2.38. The maximum absolute atomic E-state index is 12.2. The summed E-state index contributed by atoms with van der Waals surface area (Å²) >= 11 is 0. The van der Waals surface area contributed by atoms with E-state index in [1.54, 1.807) is 29.3 Å². The molecule has 0 saturated carbocycles. The Morgan fingerprint density at radius 1 is 1.44 bits per heavy atom. The molecule has 3 N–H and O–H groups in total. The van der Waals surface area contributed by atoms with Gasteiger partial charge >= 0.3 is 6.03 Å². The lowest BCUT2D eigenvalue weighted by Gasteiger charge is -2.32. The number of likely N-dealkylation sites (tertiary alicyclic amines) is 1. The lowest BCUT2D eigenvalue weighted by molar-refractivity contribution is 0.0692. The molecule has 2 heterocycles. The predicted octanol–water partition coefficient (Wildman–Crippen LogP) is 0.354. The van der Waals surface area contributed by atoms with Gasteiger partial charge in [0.1, 0.15) is 5.69 Å². The summed E-state index contributed by atoms with van der Waals surface area (Å²) in [6.45, 7) is 1.17. The van der Waals surface area contributed by atoms with Crippen molar-refractivity contribution in [2.45, 2.75) is 18.9 Å². The van der Waals surface area contributed by atoms with Crippen molar-refractivity contribution >= 4 is 11.9 Å². The second-order valence-corrected chi connectivity index (χ2v) is 4.31. The monoisotopic (exact) mass is 248 g/mol. The molecule has 0 bridgehead atoms. The fourth-order valence-electron chi connectivity index (χ4n) is 2.13. The van der Waals surface area contributed by atoms with Gasteiger partial charge in [-0.25, -0.2) is 4.79 Å². The van der Waals surface area contributed by atoms with E-state index in [9.17, 15) is 9.59 Å². The number of pyridine rings is 1. The molecule has 1 fully saturated rings. The van der Waals surface area contributed by atoms with E-state index in [4.69, 9.17) is 5.73 Å². The molecule has 0 unspecified atom stereocenters. The van der Waals surface area contributed by atoms with Gasteiger partial charge in [0.15, 0.2) is 0 Å². The maximum Gasteiger partial charge on any atom is 0.312 e. The predicted molar refractivity (Wildman–Crippen MR) is 65.9 cm³/mol. The molecule has 1 aromatic heterocycles. The van der Waals surface area contributed by atoms with Crippen molar-refractivity contribution in [2.75, 3.05) is 13.1 Å². The van der Waals surface area contributed by atoms with Crippen molar-refractivity contribution < 1.29 is 9.59 Å². The summed E-state index contributed by atoms with van der Waals surface area (Å²) in [7, 11) is 0. The number of amides is 3. The van der Waals surface area contributed by atoms with Crippen LogP contribution >= 0.6 is 0 Å². The molecule has 0 aliphatic carbocycles. The lowest BCUT2D eigenvalue weighted by atomic mass is 10.1. The highest BCUT2D eigenvalue weighted by Crippen LogP contribution is 2.12. The maximum atomic E-state index is 12.2. The highest BCUT2D eigenvalue weighted by Gasteiger charge is 2.25. The zero-order valence-electron chi connectivity index (χ0n) is 10.0. The zero-order chi connectivity index (χ0) is 13.0. The minimum absolute atomic E-state index is 0.0658. The van der Waals surface area contributed by atoms with Crippen molar-refractivity contribution in [1.29, 1.82) is 0 Å². The molecule has 96 valence electrons. The summed E-state index contributed by atoms with van der Waals surface area (Å²) in [6.07, 6.45) is 3.29. The Morgan fingerprint density at radius 2 is 2.28 bits per heavy atom. The van der Waals surface area contributed by atoms with Crippen LogP contribution in [0.2, 0.25) is 0 Å². The topological polar surface area (TPSA) is 88.3 Å². The van der Waals surface area contributed by atoms with Crippen LogP contribution in [0.25, 0.3) is 0 Å². The first-order valence-electron chi connectivity index (χ1n) is 5.93. The van der Waals surface area contributed by atoms with Crippen LogP contribution in [0.15, 0.2) is 24.4 Å². The van der Waals surface area contributed by atoms with Crippen LogP contribution in [-0.2, 0) is 0 Å². The van der Waals surface area contributed by atoms with Gasteiger partial charge in [-0.05, 0) is 25.0 Å². The largest absolute Gasteiger partial charge is 0.352 e. The first-order valence-corrected chi connectivity index (χ1v) is 5.93. The molecule has 1 aliphatic rings. The van der Waals surface area contributed by atoms with Crippen LogP contribution < -0.4 is 11.1 Å². The van der Waals surface area contributed by atoms with Gasteiger partial charge in [-0.3, -0.25) is 9.78 Å². The summed E-state index contributed by atoms with van der Waals surface area (Å²) in [5, 5.41) is 2.64. The number of primary amides is 1. The number of carbonyl (C=O) groups excluding carboxylic acids is 2. The van der Waals surface area contributed by atoms with Crippen molar-refractivity contribution in [1.82, 2.24) is 15.2 Å². The Bertz CT molecular complexity index is 435. The van der Waals surface area contributed by atoms with Crippen molar-refractivity contribution in [2.24, 2.45) is 5.73 Å². The number of aromatic nitrogens is 1. The highest BCUT2D eigenvalue weighted by atomic mass is 16.2. The number of urea groups is 1. The molecule has 6 heteroatoms. The molecule has 1 aliphatic heterocycles. The number of hydrogen-bond donors (Lipinski definition) is 2. The first kappa shape index (κ1) is 12.3. The molecule has 2 rings (SSSR count). The number of carbonyl (C=O) groups is 2. The Hall–Kier alpha value is -2.11. The molecule has 1 aromatic rings. The van der Waals surface area contributed by atoms with Gasteiger partial charge in [0.2, 0.25) is 0 Å². The van der Waals surface area contributed by atoms with Gasteiger partial charge in [-0.2, -0.15) is 0 Å². The zero-order valence-corrected chi connectivity index (χ0v) is 10.0. The van der Waals surface area contributed by atoms with E-state index in [2.05, 4.69) is 10.3 Å². The standard InChI is InChI=1S/C12H16N4O2/c13-12(18)15-9-4-3-7-16(8-9)11(17)10-5-1-2-6-14-10/h1-2,5-6,9H,3-4,7-8H2,(H3,13,15,18)/t9-/m1/s1. The minimum atomic E-state index is -0.549. The molecule has 6 nitrogen and oxygen atoms in total. The molecule has 3 amide bonds. The fraction of sp³-hybridized carbons (Fsp3) is 0.417. The Labute approximate surface area is 105 Å². The summed E-state index contributed by atoms with van der Waals surface area (Å²) < 4.78 is 0. The molecule has 1 saturated heterocycles. The molecular formula is C12H16N4O2. The van der Waals surface area contributed by atoms with Crippen molar-refractivity contribution in [3.8, 4) is 0 Å². The van der Waals surface area contributed by atoms with Crippen LogP contribution in [0.5, 0.6) is 0 Å². The van der Waals surface area contributed by atoms with Crippen LogP contribution in [0, 0.1) is 0 Å². The van der Waals surface area contributed by atoms with E-state index in [1.165, 1.54) is 0 Å². The van der Waals surface area contributed by atoms with Gasteiger partial charge in [0, 0.05) is 25.3 Å². The average molecular weight is 248 g/mol. The lowest BCUT2D eigenvalue weighted by Crippen LogP contribution is -2.51. The smallest absolute Gasteiger partial charge is 0.312 e. The molecule has 0 radical (unpaired) electrons.